The molecule has 4 aromatic carbocycles. The Morgan fingerprint density at radius 3 is 1.26 bits per heavy atom. The van der Waals surface area contributed by atoms with Crippen molar-refractivity contribution in [2.24, 2.45) is 0 Å². The average molecular weight is 1000 g/mol. The molecule has 0 saturated carbocycles. The monoisotopic (exact) mass is 1000 g/mol. The second-order valence-electron chi connectivity index (χ2n) is 17.3. The van der Waals surface area contributed by atoms with Gasteiger partial charge in [0.15, 0.2) is 0 Å². The van der Waals surface area contributed by atoms with E-state index in [1.54, 1.807) is 52.6 Å². The highest BCUT2D eigenvalue weighted by atomic mass is 16.5. The molecule has 2 aliphatic rings. The van der Waals surface area contributed by atoms with E-state index in [9.17, 15) is 19.2 Å². The van der Waals surface area contributed by atoms with Crippen LogP contribution in [0.3, 0.4) is 0 Å². The molecule has 6 aromatic rings. The van der Waals surface area contributed by atoms with Crippen LogP contribution in [0.5, 0.6) is 11.5 Å². The van der Waals surface area contributed by atoms with Gasteiger partial charge >= 0.3 is 0 Å². The summed E-state index contributed by atoms with van der Waals surface area (Å²) in [5.41, 5.74) is 8.07. The lowest BCUT2D eigenvalue weighted by Crippen LogP contribution is -2.48. The Morgan fingerprint density at radius 2 is 0.905 bits per heavy atom. The van der Waals surface area contributed by atoms with Crippen molar-refractivity contribution in [1.82, 2.24) is 29.7 Å². The van der Waals surface area contributed by atoms with E-state index in [0.717, 1.165) is 71.4 Å². The summed E-state index contributed by atoms with van der Waals surface area (Å²) in [5, 5.41) is 18.6. The summed E-state index contributed by atoms with van der Waals surface area (Å²) in [6.07, 6.45) is 5.91. The summed E-state index contributed by atoms with van der Waals surface area (Å²) in [4.78, 5) is 72.8. The van der Waals surface area contributed by atoms with Gasteiger partial charge in [0.25, 0.3) is 0 Å². The number of benzene rings is 4. The lowest BCUT2D eigenvalue weighted by molar-refractivity contribution is -0.129. The highest BCUT2D eigenvalue weighted by Crippen LogP contribution is 2.34. The highest BCUT2D eigenvalue weighted by molar-refractivity contribution is 5.99. The SMILES string of the molecule is C=CC(=O)Nc1cccc(Nc2nc(Nc3ccc(N4CCN(C(C)=O)CC4)cc3OC)ncc2C)c1.C=CC(=O)Nc1cccc(Nc2nc(Nc3ccc(N4CCN(C(C)=O)CC4)cc3OC)ncc2C)c1. The summed E-state index contributed by atoms with van der Waals surface area (Å²) in [5.74, 6) is 3.06. The molecule has 2 fully saturated rings. The van der Waals surface area contributed by atoms with E-state index in [0.29, 0.717) is 72.6 Å². The molecule has 2 aliphatic heterocycles. The Morgan fingerprint density at radius 1 is 0.527 bits per heavy atom. The molecule has 0 radical (unpaired) electrons. The van der Waals surface area contributed by atoms with Gasteiger partial charge in [0.2, 0.25) is 35.5 Å². The normalized spacial score (nSPS) is 13.1. The Kier molecular flexibility index (Phi) is 17.6. The van der Waals surface area contributed by atoms with Crippen LogP contribution in [-0.4, -0.2) is 120 Å². The quantitative estimate of drug-likeness (QED) is 0.0504. The number of nitrogens with zero attached hydrogens (tertiary/aromatic N) is 8. The summed E-state index contributed by atoms with van der Waals surface area (Å²) >= 11 is 0. The maximum atomic E-state index is 11.6. The standard InChI is InChI=1S/2C27H31N7O3/c2*1-5-25(36)29-20-7-6-8-21(15-20)30-26-18(2)17-28-27(32-26)31-23-10-9-22(16-24(23)37-4)34-13-11-33(12-14-34)19(3)35/h2*5-10,15-17H,1,11-14H2,2-4H3,(H,29,36)(H2,28,30,31,32). The molecule has 4 heterocycles. The van der Waals surface area contributed by atoms with E-state index >= 15 is 0 Å². The van der Waals surface area contributed by atoms with Crippen molar-refractivity contribution in [2.45, 2.75) is 27.7 Å². The number of aromatic nitrogens is 4. The number of anilines is 12. The fourth-order valence-corrected chi connectivity index (χ4v) is 8.03. The summed E-state index contributed by atoms with van der Waals surface area (Å²) in [7, 11) is 3.25. The van der Waals surface area contributed by atoms with Crippen LogP contribution < -0.4 is 51.2 Å². The minimum Gasteiger partial charge on any atom is -0.494 e. The van der Waals surface area contributed by atoms with Crippen LogP contribution in [0.15, 0.2) is 123 Å². The zero-order chi connectivity index (χ0) is 52.7. The smallest absolute Gasteiger partial charge is 0.247 e. The van der Waals surface area contributed by atoms with Gasteiger partial charge in [-0.25, -0.2) is 9.97 Å². The summed E-state index contributed by atoms with van der Waals surface area (Å²) in [6, 6.07) is 26.5. The Balaban J connectivity index is 0.000000216. The maximum absolute atomic E-state index is 11.6. The molecule has 8 rings (SSSR count). The van der Waals surface area contributed by atoms with Crippen LogP contribution in [0.1, 0.15) is 25.0 Å². The topological polar surface area (TPSA) is 223 Å². The zero-order valence-electron chi connectivity index (χ0n) is 42.5. The Hall–Kier alpha value is -9.20. The van der Waals surface area contributed by atoms with Crippen molar-refractivity contribution in [3.63, 3.8) is 0 Å². The van der Waals surface area contributed by atoms with Crippen molar-refractivity contribution < 1.29 is 28.7 Å². The number of amides is 4. The van der Waals surface area contributed by atoms with Crippen LogP contribution in [0, 0.1) is 13.8 Å². The number of carbonyl (C=O) groups excluding carboxylic acids is 4. The van der Waals surface area contributed by atoms with Gasteiger partial charge < -0.3 is 61.0 Å². The molecule has 384 valence electrons. The minimum absolute atomic E-state index is 0.107. The molecular weight excluding hydrogens is 941 g/mol. The van der Waals surface area contributed by atoms with Crippen molar-refractivity contribution in [3.05, 3.63) is 134 Å². The number of nitrogens with one attached hydrogen (secondary N) is 6. The number of rotatable bonds is 16. The number of piperazine rings is 2. The fraction of sp³-hybridized carbons (Fsp3) is 0.259. The van der Waals surface area contributed by atoms with Crippen LogP contribution in [0.4, 0.5) is 69.0 Å². The van der Waals surface area contributed by atoms with Crippen molar-refractivity contribution in [3.8, 4) is 11.5 Å². The molecule has 74 heavy (non-hydrogen) atoms. The van der Waals surface area contributed by atoms with Crippen LogP contribution in [0.2, 0.25) is 0 Å². The predicted molar refractivity (Wildman–Crippen MR) is 292 cm³/mol. The molecule has 0 unspecified atom stereocenters. The third-order valence-corrected chi connectivity index (χ3v) is 12.1. The minimum atomic E-state index is -0.278. The number of carbonyl (C=O) groups is 4. The molecular formula is C54H62N14O6. The number of aryl methyl sites for hydroxylation is 2. The van der Waals surface area contributed by atoms with Gasteiger partial charge in [-0.15, -0.1) is 0 Å². The van der Waals surface area contributed by atoms with E-state index in [1.165, 1.54) is 12.2 Å². The third kappa shape index (κ3) is 14.0. The molecule has 20 nitrogen and oxygen atoms in total. The van der Waals surface area contributed by atoms with E-state index in [4.69, 9.17) is 9.47 Å². The van der Waals surface area contributed by atoms with Crippen LogP contribution in [0.25, 0.3) is 0 Å². The van der Waals surface area contributed by atoms with Gasteiger partial charge in [-0.05, 0) is 86.7 Å². The first kappa shape index (κ1) is 52.6. The van der Waals surface area contributed by atoms with Gasteiger partial charge in [0.1, 0.15) is 23.1 Å². The largest absolute Gasteiger partial charge is 0.494 e. The average Bonchev–Trinajstić information content (AvgIpc) is 3.41. The highest BCUT2D eigenvalue weighted by Gasteiger charge is 2.22. The van der Waals surface area contributed by atoms with Crippen LogP contribution in [-0.2, 0) is 19.2 Å². The second kappa shape index (κ2) is 24.8. The lowest BCUT2D eigenvalue weighted by Gasteiger charge is -2.35. The van der Waals surface area contributed by atoms with Crippen LogP contribution >= 0.6 is 0 Å². The predicted octanol–water partition coefficient (Wildman–Crippen LogP) is 8.15. The summed E-state index contributed by atoms with van der Waals surface area (Å²) < 4.78 is 11.3. The first-order valence-electron chi connectivity index (χ1n) is 23.9. The van der Waals surface area contributed by atoms with Crippen molar-refractivity contribution >= 4 is 92.7 Å². The van der Waals surface area contributed by atoms with E-state index < -0.39 is 0 Å². The van der Waals surface area contributed by atoms with E-state index in [1.807, 2.05) is 96.4 Å². The molecule has 0 spiro atoms. The van der Waals surface area contributed by atoms with Crippen molar-refractivity contribution in [2.75, 3.05) is 108 Å². The molecule has 6 N–H and O–H groups in total. The molecule has 0 atom stereocenters. The molecule has 20 heteroatoms. The number of hydrogen-bond donors (Lipinski definition) is 6. The van der Waals surface area contributed by atoms with E-state index in [-0.39, 0.29) is 23.6 Å². The number of hydrogen-bond acceptors (Lipinski definition) is 16. The fourth-order valence-electron chi connectivity index (χ4n) is 8.03. The Labute approximate surface area is 430 Å². The zero-order valence-corrected chi connectivity index (χ0v) is 42.5. The first-order valence-corrected chi connectivity index (χ1v) is 23.9. The second-order valence-corrected chi connectivity index (χ2v) is 17.3. The lowest BCUT2D eigenvalue weighted by atomic mass is 10.2. The van der Waals surface area contributed by atoms with Gasteiger partial charge in [0.05, 0.1) is 25.6 Å². The van der Waals surface area contributed by atoms with Gasteiger partial charge in [-0.2, -0.15) is 9.97 Å². The van der Waals surface area contributed by atoms with Gasteiger partial charge in [-0.3, -0.25) is 19.2 Å². The molecule has 0 aliphatic carbocycles. The number of ether oxygens (including phenoxy) is 2. The first-order chi connectivity index (χ1) is 35.7. The molecule has 4 amide bonds. The third-order valence-electron chi connectivity index (χ3n) is 12.1. The molecule has 2 aromatic heterocycles. The van der Waals surface area contributed by atoms with E-state index in [2.05, 4.69) is 74.8 Å². The number of methoxy groups -OCH3 is 2. The Bertz CT molecular complexity index is 2810. The maximum Gasteiger partial charge on any atom is 0.247 e. The molecule has 2 saturated heterocycles. The van der Waals surface area contributed by atoms with Gasteiger partial charge in [-0.1, -0.05) is 25.3 Å². The van der Waals surface area contributed by atoms with Gasteiger partial charge in [0, 0.05) is 136 Å². The van der Waals surface area contributed by atoms with Crippen molar-refractivity contribution in [1.29, 1.82) is 0 Å². The summed E-state index contributed by atoms with van der Waals surface area (Å²) in [6.45, 7) is 19.9. The molecule has 0 bridgehead atoms.